The first-order chi connectivity index (χ1) is 16.8. The molecule has 1 aliphatic rings. The average molecular weight is 473 g/mol. The predicted octanol–water partition coefficient (Wildman–Crippen LogP) is 4.84. The van der Waals surface area contributed by atoms with Crippen LogP contribution in [0, 0.1) is 0 Å². The van der Waals surface area contributed by atoms with Gasteiger partial charge in [0, 0.05) is 24.5 Å². The SMILES string of the molecule is COc1cccc(CN2C(=O)C(=O)/C(=C(\O)c3ccc(OC)c(C(C)C)c3)C2c2cccnc2)c1. The maximum absolute atomic E-state index is 13.3. The standard InChI is InChI=1S/C28H28N2O5/c1-17(2)22-14-19(10-11-23(22)35-4)26(31)24-25(20-8-6-12-29-15-20)30(28(33)27(24)32)16-18-7-5-9-21(13-18)34-3/h5-15,17,25,31H,16H2,1-4H3/b26-24-. The molecule has 1 atom stereocenters. The van der Waals surface area contributed by atoms with Crippen LogP contribution in [0.3, 0.4) is 0 Å². The van der Waals surface area contributed by atoms with Crippen molar-refractivity contribution in [3.05, 3.63) is 94.8 Å². The second-order valence-electron chi connectivity index (χ2n) is 8.68. The predicted molar refractivity (Wildman–Crippen MR) is 132 cm³/mol. The van der Waals surface area contributed by atoms with E-state index in [1.165, 1.54) is 4.90 Å². The number of Topliss-reactive ketones (excluding diaryl/α,β-unsaturated/α-hetero) is 1. The molecule has 2 heterocycles. The van der Waals surface area contributed by atoms with Crippen LogP contribution >= 0.6 is 0 Å². The first-order valence-electron chi connectivity index (χ1n) is 11.3. The number of aliphatic hydroxyl groups excluding tert-OH is 1. The van der Waals surface area contributed by atoms with Crippen molar-refractivity contribution in [3.63, 3.8) is 0 Å². The number of likely N-dealkylation sites (tertiary alicyclic amines) is 1. The summed E-state index contributed by atoms with van der Waals surface area (Å²) in [4.78, 5) is 32.2. The summed E-state index contributed by atoms with van der Waals surface area (Å²) in [6.07, 6.45) is 3.23. The van der Waals surface area contributed by atoms with Gasteiger partial charge in [0.25, 0.3) is 11.7 Å². The molecular formula is C28H28N2O5. The minimum absolute atomic E-state index is 0.0331. The third-order valence-electron chi connectivity index (χ3n) is 6.15. The zero-order valence-corrected chi connectivity index (χ0v) is 20.2. The van der Waals surface area contributed by atoms with Gasteiger partial charge in [-0.25, -0.2) is 0 Å². The van der Waals surface area contributed by atoms with E-state index in [0.29, 0.717) is 22.6 Å². The van der Waals surface area contributed by atoms with Crippen LogP contribution in [0.1, 0.15) is 48.1 Å². The number of aliphatic hydroxyl groups is 1. The van der Waals surface area contributed by atoms with Gasteiger partial charge in [0.1, 0.15) is 17.3 Å². The first-order valence-corrected chi connectivity index (χ1v) is 11.3. The number of carbonyl (C=O) groups is 2. The lowest BCUT2D eigenvalue weighted by Gasteiger charge is -2.25. The molecule has 1 aromatic heterocycles. The third-order valence-corrected chi connectivity index (χ3v) is 6.15. The lowest BCUT2D eigenvalue weighted by atomic mass is 9.93. The summed E-state index contributed by atoms with van der Waals surface area (Å²) in [6, 6.07) is 15.3. The van der Waals surface area contributed by atoms with Gasteiger partial charge < -0.3 is 19.5 Å². The molecule has 0 bridgehead atoms. The van der Waals surface area contributed by atoms with Crippen LogP contribution in [-0.4, -0.2) is 40.9 Å². The second kappa shape index (κ2) is 10.0. The highest BCUT2D eigenvalue weighted by molar-refractivity contribution is 6.46. The summed E-state index contributed by atoms with van der Waals surface area (Å²) in [5, 5.41) is 11.4. The van der Waals surface area contributed by atoms with Gasteiger partial charge in [-0.15, -0.1) is 0 Å². The molecule has 0 spiro atoms. The van der Waals surface area contributed by atoms with Gasteiger partial charge >= 0.3 is 0 Å². The summed E-state index contributed by atoms with van der Waals surface area (Å²) in [7, 11) is 3.16. The molecule has 1 N–H and O–H groups in total. The first kappa shape index (κ1) is 24.0. The van der Waals surface area contributed by atoms with Crippen molar-refractivity contribution < 1.29 is 24.2 Å². The van der Waals surface area contributed by atoms with Gasteiger partial charge in [0.15, 0.2) is 0 Å². The van der Waals surface area contributed by atoms with Crippen molar-refractivity contribution in [2.45, 2.75) is 32.4 Å². The molecule has 0 saturated carbocycles. The van der Waals surface area contributed by atoms with Gasteiger partial charge in [-0.05, 0) is 59.0 Å². The molecule has 1 unspecified atom stereocenters. The largest absolute Gasteiger partial charge is 0.507 e. The van der Waals surface area contributed by atoms with E-state index in [0.717, 1.165) is 11.1 Å². The Hall–Kier alpha value is -4.13. The normalized spacial score (nSPS) is 17.2. The van der Waals surface area contributed by atoms with Crippen LogP contribution in [0.4, 0.5) is 0 Å². The number of ether oxygens (including phenoxy) is 2. The van der Waals surface area contributed by atoms with Crippen LogP contribution in [0.25, 0.3) is 5.76 Å². The highest BCUT2D eigenvalue weighted by Gasteiger charge is 2.46. The quantitative estimate of drug-likeness (QED) is 0.301. The summed E-state index contributed by atoms with van der Waals surface area (Å²) in [5.41, 5.74) is 2.80. The number of hydrogen-bond acceptors (Lipinski definition) is 6. The van der Waals surface area contributed by atoms with Crippen LogP contribution in [0.5, 0.6) is 11.5 Å². The van der Waals surface area contributed by atoms with E-state index in [9.17, 15) is 14.7 Å². The molecule has 1 amide bonds. The van der Waals surface area contributed by atoms with Gasteiger partial charge in [0.05, 0.1) is 25.8 Å². The lowest BCUT2D eigenvalue weighted by molar-refractivity contribution is -0.140. The summed E-state index contributed by atoms with van der Waals surface area (Å²) in [6.45, 7) is 4.20. The number of benzene rings is 2. The molecule has 1 saturated heterocycles. The molecule has 180 valence electrons. The molecule has 7 heteroatoms. The molecular weight excluding hydrogens is 444 g/mol. The van der Waals surface area contributed by atoms with E-state index in [-0.39, 0.29) is 23.8 Å². The Bertz CT molecular complexity index is 1280. The van der Waals surface area contributed by atoms with Crippen molar-refractivity contribution in [2.75, 3.05) is 14.2 Å². The lowest BCUT2D eigenvalue weighted by Crippen LogP contribution is -2.29. The Balaban J connectivity index is 1.85. The van der Waals surface area contributed by atoms with E-state index in [4.69, 9.17) is 9.47 Å². The van der Waals surface area contributed by atoms with Crippen molar-refractivity contribution in [1.82, 2.24) is 9.88 Å². The molecule has 1 aliphatic heterocycles. The van der Waals surface area contributed by atoms with Gasteiger partial charge in [-0.1, -0.05) is 32.0 Å². The molecule has 3 aromatic rings. The van der Waals surface area contributed by atoms with Crippen molar-refractivity contribution in [1.29, 1.82) is 0 Å². The number of methoxy groups -OCH3 is 2. The molecule has 4 rings (SSSR count). The summed E-state index contributed by atoms with van der Waals surface area (Å²) >= 11 is 0. The fourth-order valence-electron chi connectivity index (χ4n) is 4.38. The van der Waals surface area contributed by atoms with Gasteiger partial charge in [-0.2, -0.15) is 0 Å². The molecule has 1 fully saturated rings. The molecule has 0 aliphatic carbocycles. The van der Waals surface area contributed by atoms with Crippen molar-refractivity contribution in [3.8, 4) is 11.5 Å². The highest BCUT2D eigenvalue weighted by Crippen LogP contribution is 2.41. The van der Waals surface area contributed by atoms with E-state index in [2.05, 4.69) is 4.98 Å². The molecule has 2 aromatic carbocycles. The van der Waals surface area contributed by atoms with Gasteiger partial charge in [0.2, 0.25) is 0 Å². The van der Waals surface area contributed by atoms with E-state index in [1.807, 2.05) is 38.1 Å². The summed E-state index contributed by atoms with van der Waals surface area (Å²) in [5.74, 6) is -0.172. The number of hydrogen-bond donors (Lipinski definition) is 1. The molecule has 7 nitrogen and oxygen atoms in total. The summed E-state index contributed by atoms with van der Waals surface area (Å²) < 4.78 is 10.8. The third kappa shape index (κ3) is 4.62. The van der Waals surface area contributed by atoms with Crippen LogP contribution in [0.2, 0.25) is 0 Å². The average Bonchev–Trinajstić information content (AvgIpc) is 3.13. The number of amides is 1. The van der Waals surface area contributed by atoms with Crippen molar-refractivity contribution in [2.24, 2.45) is 0 Å². The number of ketones is 1. The smallest absolute Gasteiger partial charge is 0.295 e. The zero-order valence-electron chi connectivity index (χ0n) is 20.2. The molecule has 0 radical (unpaired) electrons. The number of pyridine rings is 1. The van der Waals surface area contributed by atoms with E-state index in [1.54, 1.807) is 56.9 Å². The Morgan fingerprint density at radius 3 is 2.51 bits per heavy atom. The van der Waals surface area contributed by atoms with E-state index >= 15 is 0 Å². The van der Waals surface area contributed by atoms with Crippen LogP contribution in [-0.2, 0) is 16.1 Å². The number of nitrogens with zero attached hydrogens (tertiary/aromatic N) is 2. The minimum atomic E-state index is -0.792. The van der Waals surface area contributed by atoms with Crippen LogP contribution in [0.15, 0.2) is 72.6 Å². The molecule has 35 heavy (non-hydrogen) atoms. The Kier molecular flexibility index (Phi) is 6.87. The Morgan fingerprint density at radius 1 is 1.06 bits per heavy atom. The number of carbonyl (C=O) groups excluding carboxylic acids is 2. The second-order valence-corrected chi connectivity index (χ2v) is 8.68. The van der Waals surface area contributed by atoms with Gasteiger partial charge in [-0.3, -0.25) is 14.6 Å². The Labute approximate surface area is 204 Å². The number of aromatic nitrogens is 1. The zero-order chi connectivity index (χ0) is 25.1. The van der Waals surface area contributed by atoms with E-state index < -0.39 is 17.7 Å². The maximum Gasteiger partial charge on any atom is 0.295 e. The minimum Gasteiger partial charge on any atom is -0.507 e. The maximum atomic E-state index is 13.3. The van der Waals surface area contributed by atoms with Crippen LogP contribution < -0.4 is 9.47 Å². The highest BCUT2D eigenvalue weighted by atomic mass is 16.5. The monoisotopic (exact) mass is 472 g/mol. The fraction of sp³-hybridized carbons (Fsp3) is 0.250. The fourth-order valence-corrected chi connectivity index (χ4v) is 4.38. The van der Waals surface area contributed by atoms with Crippen molar-refractivity contribution >= 4 is 17.4 Å². The Morgan fingerprint density at radius 2 is 1.86 bits per heavy atom. The topological polar surface area (TPSA) is 89.0 Å². The number of rotatable bonds is 7.